The Morgan fingerprint density at radius 1 is 1.21 bits per heavy atom. The highest BCUT2D eigenvalue weighted by atomic mass is 19.3. The maximum Gasteiger partial charge on any atom is 0.339 e. The van der Waals surface area contributed by atoms with Crippen molar-refractivity contribution in [2.24, 2.45) is 0 Å². The van der Waals surface area contributed by atoms with E-state index in [-0.39, 0.29) is 37.1 Å². The number of benzene rings is 1. The number of alkyl halides is 2. The lowest BCUT2D eigenvalue weighted by atomic mass is 9.68. The number of rotatable bonds is 7. The first-order valence-electron chi connectivity index (χ1n) is 9.73. The Labute approximate surface area is 168 Å². The van der Waals surface area contributed by atoms with E-state index >= 15 is 0 Å². The highest BCUT2D eigenvalue weighted by Crippen LogP contribution is 2.47. The Morgan fingerprint density at radius 3 is 2.45 bits per heavy atom. The number of aromatic carboxylic acids is 1. The fourth-order valence-electron chi connectivity index (χ4n) is 4.01. The number of carbonyl (C=O) groups is 1. The number of hydrogen-bond acceptors (Lipinski definition) is 4. The maximum atomic E-state index is 13.8. The van der Waals surface area contributed by atoms with Crippen LogP contribution in [0, 0.1) is 6.92 Å². The third-order valence-corrected chi connectivity index (χ3v) is 5.78. The Balaban J connectivity index is 1.80. The number of nitrogen functional groups attached to an aromatic ring is 1. The van der Waals surface area contributed by atoms with Crippen molar-refractivity contribution in [2.45, 2.75) is 57.0 Å². The predicted octanol–water partition coefficient (Wildman–Crippen LogP) is 4.72. The molecule has 1 aromatic carbocycles. The molecule has 0 spiro atoms. The number of anilines is 1. The topological polar surface area (TPSA) is 85.4 Å². The summed E-state index contributed by atoms with van der Waals surface area (Å²) in [4.78, 5) is 15.7. The lowest BCUT2D eigenvalue weighted by Crippen LogP contribution is -2.38. The molecule has 1 aliphatic rings. The number of aromatic nitrogens is 1. The molecule has 5 nitrogen and oxygen atoms in total. The summed E-state index contributed by atoms with van der Waals surface area (Å²) < 4.78 is 33.5. The van der Waals surface area contributed by atoms with E-state index in [1.54, 1.807) is 13.0 Å². The molecule has 2 aromatic rings. The van der Waals surface area contributed by atoms with Gasteiger partial charge in [0.15, 0.2) is 0 Å². The van der Waals surface area contributed by atoms with E-state index in [1.807, 2.05) is 30.3 Å². The van der Waals surface area contributed by atoms with Crippen LogP contribution in [-0.2, 0) is 16.8 Å². The van der Waals surface area contributed by atoms with Crippen LogP contribution in [-0.4, -0.2) is 28.6 Å². The second-order valence-electron chi connectivity index (χ2n) is 7.81. The quantitative estimate of drug-likeness (QED) is 0.652. The first-order valence-corrected chi connectivity index (χ1v) is 9.73. The van der Waals surface area contributed by atoms with Gasteiger partial charge in [0.25, 0.3) is 0 Å². The molecule has 1 aliphatic carbocycles. The molecule has 1 fully saturated rings. The van der Waals surface area contributed by atoms with Crippen molar-refractivity contribution in [2.75, 3.05) is 12.3 Å². The molecule has 3 rings (SSSR count). The van der Waals surface area contributed by atoms with Gasteiger partial charge in [-0.25, -0.2) is 18.6 Å². The normalized spacial score (nSPS) is 17.8. The minimum atomic E-state index is -2.68. The molecule has 0 radical (unpaired) electrons. The average Bonchev–Trinajstić information content (AvgIpc) is 2.66. The number of carboxylic acids is 1. The number of hydrogen-bond donors (Lipinski definition) is 2. The van der Waals surface area contributed by atoms with Crippen LogP contribution in [0.1, 0.15) is 59.3 Å². The predicted molar refractivity (Wildman–Crippen MR) is 106 cm³/mol. The zero-order valence-corrected chi connectivity index (χ0v) is 16.5. The van der Waals surface area contributed by atoms with Crippen LogP contribution in [0.25, 0.3) is 0 Å². The molecule has 1 heterocycles. The number of halogens is 2. The lowest BCUT2D eigenvalue weighted by molar-refractivity contribution is -0.0572. The van der Waals surface area contributed by atoms with Gasteiger partial charge >= 0.3 is 5.97 Å². The summed E-state index contributed by atoms with van der Waals surface area (Å²) >= 11 is 0. The number of carboxylic acid groups (broad SMARTS) is 1. The lowest BCUT2D eigenvalue weighted by Gasteiger charge is -2.40. The molecule has 7 heteroatoms. The molecule has 0 saturated heterocycles. The second-order valence-corrected chi connectivity index (χ2v) is 7.81. The third kappa shape index (κ3) is 4.90. The van der Waals surface area contributed by atoms with Crippen molar-refractivity contribution in [3.63, 3.8) is 0 Å². The largest absolute Gasteiger partial charge is 0.478 e. The summed E-state index contributed by atoms with van der Waals surface area (Å²) in [5.41, 5.74) is 7.37. The summed E-state index contributed by atoms with van der Waals surface area (Å²) in [6.07, 6.45) is 0.578. The maximum absolute atomic E-state index is 13.8. The van der Waals surface area contributed by atoms with E-state index in [4.69, 9.17) is 10.5 Å². The van der Waals surface area contributed by atoms with Gasteiger partial charge in [-0.1, -0.05) is 30.3 Å². The molecule has 0 atom stereocenters. The monoisotopic (exact) mass is 404 g/mol. The van der Waals surface area contributed by atoms with Crippen molar-refractivity contribution in [1.82, 2.24) is 4.98 Å². The van der Waals surface area contributed by atoms with Crippen molar-refractivity contribution in [3.05, 3.63) is 58.8 Å². The summed E-state index contributed by atoms with van der Waals surface area (Å²) in [7, 11) is 0. The van der Waals surface area contributed by atoms with Crippen LogP contribution in [0.3, 0.4) is 0 Å². The van der Waals surface area contributed by atoms with Gasteiger partial charge in [0.05, 0.1) is 6.61 Å². The SMILES string of the molecule is Cc1cc(C2(CCOCc3ccccc3)CCC(F)(F)CC2)nc(N)c1C(=O)O. The van der Waals surface area contributed by atoms with E-state index in [9.17, 15) is 18.7 Å². The van der Waals surface area contributed by atoms with Gasteiger partial charge in [-0.2, -0.15) is 0 Å². The van der Waals surface area contributed by atoms with E-state index in [0.29, 0.717) is 30.9 Å². The summed E-state index contributed by atoms with van der Waals surface area (Å²) in [6.45, 7) is 2.49. The Bertz CT molecular complexity index is 839. The van der Waals surface area contributed by atoms with Crippen LogP contribution in [0.4, 0.5) is 14.6 Å². The van der Waals surface area contributed by atoms with Gasteiger partial charge in [-0.15, -0.1) is 0 Å². The molecule has 0 aliphatic heterocycles. The van der Waals surface area contributed by atoms with Gasteiger partial charge in [0.2, 0.25) is 5.92 Å². The van der Waals surface area contributed by atoms with Gasteiger partial charge in [-0.05, 0) is 43.4 Å². The number of nitrogens with two attached hydrogens (primary N) is 1. The average molecular weight is 404 g/mol. The number of pyridine rings is 1. The van der Waals surface area contributed by atoms with Gasteiger partial charge < -0.3 is 15.6 Å². The van der Waals surface area contributed by atoms with E-state index < -0.39 is 17.3 Å². The highest BCUT2D eigenvalue weighted by Gasteiger charge is 2.45. The zero-order chi connectivity index (χ0) is 21.1. The van der Waals surface area contributed by atoms with Crippen LogP contribution in [0.5, 0.6) is 0 Å². The molecule has 0 unspecified atom stereocenters. The first kappa shape index (κ1) is 21.2. The standard InChI is InChI=1S/C22H26F2N2O3/c1-15-13-17(26-19(25)18(15)20(27)28)21(7-9-22(23,24)10-8-21)11-12-29-14-16-5-3-2-4-6-16/h2-6,13H,7-12,14H2,1H3,(H2,25,26)(H,27,28). The van der Waals surface area contributed by atoms with Gasteiger partial charge in [0, 0.05) is 30.6 Å². The van der Waals surface area contributed by atoms with Gasteiger partial charge in [0.1, 0.15) is 11.4 Å². The number of nitrogens with zero attached hydrogens (tertiary/aromatic N) is 1. The molecule has 156 valence electrons. The van der Waals surface area contributed by atoms with Crippen LogP contribution in [0.15, 0.2) is 36.4 Å². The fourth-order valence-corrected chi connectivity index (χ4v) is 4.01. The second kappa shape index (κ2) is 8.45. The minimum Gasteiger partial charge on any atom is -0.478 e. The van der Waals surface area contributed by atoms with E-state index in [0.717, 1.165) is 5.56 Å². The van der Waals surface area contributed by atoms with Gasteiger partial charge in [-0.3, -0.25) is 0 Å². The van der Waals surface area contributed by atoms with Crippen LogP contribution < -0.4 is 5.73 Å². The molecular formula is C22H26F2N2O3. The Morgan fingerprint density at radius 2 is 1.86 bits per heavy atom. The smallest absolute Gasteiger partial charge is 0.339 e. The third-order valence-electron chi connectivity index (χ3n) is 5.78. The Hall–Kier alpha value is -2.54. The summed E-state index contributed by atoms with van der Waals surface area (Å²) in [5, 5.41) is 9.32. The van der Waals surface area contributed by atoms with Crippen LogP contribution >= 0.6 is 0 Å². The van der Waals surface area contributed by atoms with Crippen molar-refractivity contribution < 1.29 is 23.4 Å². The molecular weight excluding hydrogens is 378 g/mol. The number of ether oxygens (including phenoxy) is 1. The molecule has 29 heavy (non-hydrogen) atoms. The molecule has 0 bridgehead atoms. The summed E-state index contributed by atoms with van der Waals surface area (Å²) in [5.74, 6) is -3.90. The fraction of sp³-hybridized carbons (Fsp3) is 0.455. The van der Waals surface area contributed by atoms with E-state index in [2.05, 4.69) is 4.98 Å². The van der Waals surface area contributed by atoms with Crippen molar-refractivity contribution in [3.8, 4) is 0 Å². The molecule has 1 saturated carbocycles. The zero-order valence-electron chi connectivity index (χ0n) is 16.5. The van der Waals surface area contributed by atoms with E-state index in [1.165, 1.54) is 0 Å². The van der Waals surface area contributed by atoms with Crippen molar-refractivity contribution >= 4 is 11.8 Å². The first-order chi connectivity index (χ1) is 13.7. The minimum absolute atomic E-state index is 0.0367. The number of aryl methyl sites for hydroxylation is 1. The molecule has 1 aromatic heterocycles. The molecule has 0 amide bonds. The Kier molecular flexibility index (Phi) is 6.17. The summed E-state index contributed by atoms with van der Waals surface area (Å²) in [6, 6.07) is 11.4. The highest BCUT2D eigenvalue weighted by molar-refractivity contribution is 5.94. The molecule has 3 N–H and O–H groups in total. The van der Waals surface area contributed by atoms with Crippen LogP contribution in [0.2, 0.25) is 0 Å². The van der Waals surface area contributed by atoms with Crippen molar-refractivity contribution in [1.29, 1.82) is 0 Å².